The zero-order valence-electron chi connectivity index (χ0n) is 17.3. The van der Waals surface area contributed by atoms with Crippen LogP contribution < -0.4 is 4.31 Å². The number of sulfonamides is 1. The first-order chi connectivity index (χ1) is 15.3. The van der Waals surface area contributed by atoms with Crippen LogP contribution in [0, 0.1) is 0 Å². The van der Waals surface area contributed by atoms with Crippen LogP contribution in [0.5, 0.6) is 0 Å². The van der Waals surface area contributed by atoms with Crippen LogP contribution in [0.15, 0.2) is 59.5 Å². The SMILES string of the molecule is O=S(=O)(c1ccccc1)N(CCN1CCCC1)c1ccc(C(O)(C(F)(F)F)C(F)(F)F)cc1. The highest BCUT2D eigenvalue weighted by atomic mass is 32.2. The lowest BCUT2D eigenvalue weighted by Gasteiger charge is -2.33. The third-order valence-electron chi connectivity index (χ3n) is 5.54. The highest BCUT2D eigenvalue weighted by molar-refractivity contribution is 7.92. The van der Waals surface area contributed by atoms with Gasteiger partial charge in [0.2, 0.25) is 0 Å². The Labute approximate surface area is 187 Å². The van der Waals surface area contributed by atoms with Gasteiger partial charge >= 0.3 is 12.4 Å². The zero-order valence-corrected chi connectivity index (χ0v) is 18.1. The van der Waals surface area contributed by atoms with Gasteiger partial charge in [0.05, 0.1) is 10.6 Å². The van der Waals surface area contributed by atoms with Gasteiger partial charge in [-0.3, -0.25) is 4.31 Å². The molecule has 1 heterocycles. The van der Waals surface area contributed by atoms with Crippen LogP contribution in [0.1, 0.15) is 18.4 Å². The summed E-state index contributed by atoms with van der Waals surface area (Å²) >= 11 is 0. The van der Waals surface area contributed by atoms with E-state index in [9.17, 15) is 39.9 Å². The number of anilines is 1. The fourth-order valence-corrected chi connectivity index (χ4v) is 5.18. The average molecular weight is 496 g/mol. The van der Waals surface area contributed by atoms with Gasteiger partial charge in [-0.05, 0) is 50.2 Å². The minimum Gasteiger partial charge on any atom is -0.369 e. The van der Waals surface area contributed by atoms with Crippen LogP contribution in [0.25, 0.3) is 0 Å². The van der Waals surface area contributed by atoms with E-state index in [1.165, 1.54) is 24.3 Å². The molecule has 0 bridgehead atoms. The monoisotopic (exact) mass is 496 g/mol. The molecule has 0 spiro atoms. The summed E-state index contributed by atoms with van der Waals surface area (Å²) in [5.74, 6) is 0. The molecule has 33 heavy (non-hydrogen) atoms. The van der Waals surface area contributed by atoms with E-state index in [2.05, 4.69) is 0 Å². The lowest BCUT2D eigenvalue weighted by molar-refractivity contribution is -0.376. The number of alkyl halides is 6. The van der Waals surface area contributed by atoms with Gasteiger partial charge in [0.25, 0.3) is 15.6 Å². The minimum absolute atomic E-state index is 0.0562. The van der Waals surface area contributed by atoms with Crippen molar-refractivity contribution in [1.82, 2.24) is 4.90 Å². The molecule has 0 atom stereocenters. The molecule has 1 N–H and O–H groups in total. The minimum atomic E-state index is -6.03. The summed E-state index contributed by atoms with van der Waals surface area (Å²) in [5.41, 5.74) is -6.66. The quantitative estimate of drug-likeness (QED) is 0.582. The predicted octanol–water partition coefficient (Wildman–Crippen LogP) is 4.29. The summed E-state index contributed by atoms with van der Waals surface area (Å²) in [6, 6.07) is 9.86. The smallest absolute Gasteiger partial charge is 0.369 e. The van der Waals surface area contributed by atoms with Crippen molar-refractivity contribution in [2.24, 2.45) is 0 Å². The van der Waals surface area contributed by atoms with Gasteiger partial charge < -0.3 is 10.0 Å². The molecule has 1 aliphatic rings. The molecule has 182 valence electrons. The first-order valence-corrected chi connectivity index (χ1v) is 11.5. The Hall–Kier alpha value is -2.31. The van der Waals surface area contributed by atoms with Gasteiger partial charge in [0, 0.05) is 18.7 Å². The highest BCUT2D eigenvalue weighted by Gasteiger charge is 2.71. The Morgan fingerprint density at radius 2 is 1.36 bits per heavy atom. The maximum atomic E-state index is 13.2. The Balaban J connectivity index is 2.00. The van der Waals surface area contributed by atoms with E-state index < -0.39 is 33.5 Å². The molecule has 1 saturated heterocycles. The largest absolute Gasteiger partial charge is 0.430 e. The summed E-state index contributed by atoms with van der Waals surface area (Å²) < 4.78 is 106. The van der Waals surface area contributed by atoms with Gasteiger partial charge in [-0.15, -0.1) is 0 Å². The van der Waals surface area contributed by atoms with E-state index in [-0.39, 0.29) is 17.1 Å². The molecule has 2 aromatic rings. The van der Waals surface area contributed by atoms with E-state index in [4.69, 9.17) is 0 Å². The fraction of sp³-hybridized carbons (Fsp3) is 0.429. The lowest BCUT2D eigenvalue weighted by Crippen LogP contribution is -2.53. The Kier molecular flexibility index (Phi) is 7.02. The van der Waals surface area contributed by atoms with Crippen molar-refractivity contribution in [1.29, 1.82) is 0 Å². The van der Waals surface area contributed by atoms with Crippen molar-refractivity contribution in [3.8, 4) is 0 Å². The first-order valence-electron chi connectivity index (χ1n) is 10.0. The third kappa shape index (κ3) is 4.97. The lowest BCUT2D eigenvalue weighted by atomic mass is 9.92. The number of aliphatic hydroxyl groups is 1. The van der Waals surface area contributed by atoms with Crippen molar-refractivity contribution >= 4 is 15.7 Å². The summed E-state index contributed by atoms with van der Waals surface area (Å²) in [4.78, 5) is 1.95. The second-order valence-electron chi connectivity index (χ2n) is 7.69. The van der Waals surface area contributed by atoms with Gasteiger partial charge in [-0.25, -0.2) is 8.42 Å². The average Bonchev–Trinajstić information content (AvgIpc) is 3.26. The topological polar surface area (TPSA) is 60.9 Å². The van der Waals surface area contributed by atoms with Crippen LogP contribution in [0.3, 0.4) is 0 Å². The van der Waals surface area contributed by atoms with Crippen molar-refractivity contribution in [2.75, 3.05) is 30.5 Å². The molecule has 0 radical (unpaired) electrons. The molecule has 1 aliphatic heterocycles. The van der Waals surface area contributed by atoms with Crippen molar-refractivity contribution in [2.45, 2.75) is 35.7 Å². The van der Waals surface area contributed by atoms with Crippen LogP contribution in [0.4, 0.5) is 32.0 Å². The number of nitrogens with zero attached hydrogens (tertiary/aromatic N) is 2. The number of halogens is 6. The molecule has 0 saturated carbocycles. The molecule has 5 nitrogen and oxygen atoms in total. The fourth-order valence-electron chi connectivity index (χ4n) is 3.70. The number of benzene rings is 2. The standard InChI is InChI=1S/C21H22F6N2O3S/c22-20(23,24)19(30,21(25,26)27)16-8-10-17(11-9-16)29(15-14-28-12-4-5-13-28)33(31,32)18-6-2-1-3-7-18/h1-3,6-11,30H,4-5,12-15H2. The van der Waals surface area contributed by atoms with E-state index in [0.29, 0.717) is 18.7 Å². The molecule has 0 aromatic heterocycles. The normalized spacial score (nSPS) is 16.2. The molecular formula is C21H22F6N2O3S. The number of hydrogen-bond donors (Lipinski definition) is 1. The van der Waals surface area contributed by atoms with Gasteiger partial charge in [0.1, 0.15) is 0 Å². The highest BCUT2D eigenvalue weighted by Crippen LogP contribution is 2.50. The van der Waals surface area contributed by atoms with Crippen LogP contribution in [-0.4, -0.2) is 57.0 Å². The molecule has 0 unspecified atom stereocenters. The van der Waals surface area contributed by atoms with Gasteiger partial charge in [0.15, 0.2) is 0 Å². The second kappa shape index (κ2) is 9.15. The summed E-state index contributed by atoms with van der Waals surface area (Å²) in [6.07, 6.45) is -10.2. The summed E-state index contributed by atoms with van der Waals surface area (Å²) in [7, 11) is -4.15. The molecule has 12 heteroatoms. The van der Waals surface area contributed by atoms with Crippen LogP contribution in [0.2, 0.25) is 0 Å². The van der Waals surface area contributed by atoms with Crippen molar-refractivity contribution in [3.05, 3.63) is 60.2 Å². The molecule has 0 aliphatic carbocycles. The summed E-state index contributed by atoms with van der Waals surface area (Å²) in [6.45, 7) is 1.81. The molecule has 1 fully saturated rings. The Morgan fingerprint density at radius 1 is 0.848 bits per heavy atom. The van der Waals surface area contributed by atoms with Crippen molar-refractivity contribution < 1.29 is 39.9 Å². The third-order valence-corrected chi connectivity index (χ3v) is 7.38. The van der Waals surface area contributed by atoms with Crippen LogP contribution in [-0.2, 0) is 15.6 Å². The molecule has 0 amide bonds. The molecule has 2 aromatic carbocycles. The summed E-state index contributed by atoms with van der Waals surface area (Å²) in [5, 5.41) is 9.58. The maximum Gasteiger partial charge on any atom is 0.430 e. The number of hydrogen-bond acceptors (Lipinski definition) is 4. The van der Waals surface area contributed by atoms with E-state index >= 15 is 0 Å². The van der Waals surface area contributed by atoms with E-state index in [0.717, 1.165) is 42.4 Å². The van der Waals surface area contributed by atoms with E-state index in [1.807, 2.05) is 4.90 Å². The van der Waals surface area contributed by atoms with Crippen molar-refractivity contribution in [3.63, 3.8) is 0 Å². The number of likely N-dealkylation sites (tertiary alicyclic amines) is 1. The molecule has 3 rings (SSSR count). The Morgan fingerprint density at radius 3 is 1.85 bits per heavy atom. The van der Waals surface area contributed by atoms with E-state index in [1.54, 1.807) is 6.07 Å². The zero-order chi connectivity index (χ0) is 24.5. The van der Waals surface area contributed by atoms with Gasteiger partial charge in [-0.1, -0.05) is 30.3 Å². The predicted molar refractivity (Wildman–Crippen MR) is 109 cm³/mol. The van der Waals surface area contributed by atoms with Gasteiger partial charge in [-0.2, -0.15) is 26.3 Å². The van der Waals surface area contributed by atoms with Crippen LogP contribution >= 0.6 is 0 Å². The Bertz CT molecular complexity index is 1020. The maximum absolute atomic E-state index is 13.2. The second-order valence-corrected chi connectivity index (χ2v) is 9.55. The first kappa shape index (κ1) is 25.3. The molecular weight excluding hydrogens is 474 g/mol. The number of rotatable bonds is 7.